The van der Waals surface area contributed by atoms with E-state index in [0.29, 0.717) is 30.6 Å². The van der Waals surface area contributed by atoms with Gasteiger partial charge in [0.2, 0.25) is 0 Å². The van der Waals surface area contributed by atoms with Crippen molar-refractivity contribution in [1.82, 2.24) is 10.6 Å². The summed E-state index contributed by atoms with van der Waals surface area (Å²) in [4.78, 5) is 6.01. The van der Waals surface area contributed by atoms with Crippen molar-refractivity contribution in [3.8, 4) is 0 Å². The highest BCUT2D eigenvalue weighted by Gasteiger charge is 2.40. The van der Waals surface area contributed by atoms with Crippen molar-refractivity contribution < 1.29 is 8.42 Å². The van der Waals surface area contributed by atoms with Gasteiger partial charge in [-0.3, -0.25) is 0 Å². The molecule has 138 valence electrons. The first-order valence-electron chi connectivity index (χ1n) is 9.35. The van der Waals surface area contributed by atoms with Gasteiger partial charge in [-0.1, -0.05) is 12.5 Å². The van der Waals surface area contributed by atoms with Gasteiger partial charge in [0.25, 0.3) is 0 Å². The summed E-state index contributed by atoms with van der Waals surface area (Å²) in [6.45, 7) is 1.37. The van der Waals surface area contributed by atoms with Crippen molar-refractivity contribution >= 4 is 27.1 Å². The summed E-state index contributed by atoms with van der Waals surface area (Å²) in [6.07, 6.45) is 6.10. The number of thiophene rings is 1. The molecule has 1 aromatic rings. The lowest BCUT2D eigenvalue weighted by Crippen LogP contribution is -2.47. The van der Waals surface area contributed by atoms with Crippen LogP contribution in [-0.4, -0.2) is 38.5 Å². The molecule has 4 unspecified atom stereocenters. The van der Waals surface area contributed by atoms with Crippen molar-refractivity contribution in [2.24, 2.45) is 22.7 Å². The van der Waals surface area contributed by atoms with E-state index in [1.165, 1.54) is 30.6 Å². The second-order valence-corrected chi connectivity index (χ2v) is 11.1. The number of hydrogen-bond acceptors (Lipinski definition) is 4. The maximum Gasteiger partial charge on any atom is 0.191 e. The first kappa shape index (κ1) is 17.3. The first-order chi connectivity index (χ1) is 12.1. The van der Waals surface area contributed by atoms with E-state index in [0.717, 1.165) is 24.2 Å². The van der Waals surface area contributed by atoms with E-state index >= 15 is 0 Å². The average Bonchev–Trinajstić information content (AvgIpc) is 3.35. The van der Waals surface area contributed by atoms with Crippen LogP contribution >= 0.6 is 11.3 Å². The summed E-state index contributed by atoms with van der Waals surface area (Å²) < 4.78 is 23.3. The highest BCUT2D eigenvalue weighted by atomic mass is 32.2. The molecular formula is C18H27N3O2S2. The van der Waals surface area contributed by atoms with Gasteiger partial charge in [-0.05, 0) is 54.9 Å². The molecule has 4 rings (SSSR count). The Hall–Kier alpha value is -1.08. The van der Waals surface area contributed by atoms with Gasteiger partial charge >= 0.3 is 0 Å². The number of nitrogens with zero attached hydrogens (tertiary/aromatic N) is 1. The molecule has 1 aromatic heterocycles. The Labute approximate surface area is 154 Å². The lowest BCUT2D eigenvalue weighted by Gasteiger charge is -2.25. The average molecular weight is 382 g/mol. The molecule has 3 fully saturated rings. The Morgan fingerprint density at radius 2 is 2.20 bits per heavy atom. The summed E-state index contributed by atoms with van der Waals surface area (Å²) in [5.41, 5.74) is 0. The maximum atomic E-state index is 11.7. The predicted octanol–water partition coefficient (Wildman–Crippen LogP) is 2.41. The number of aliphatic imine (C=N–C) groups is 1. The molecular weight excluding hydrogens is 354 g/mol. The van der Waals surface area contributed by atoms with Crippen LogP contribution in [0.25, 0.3) is 0 Å². The zero-order chi connectivity index (χ0) is 17.3. The Bertz CT molecular complexity index is 715. The van der Waals surface area contributed by atoms with Crippen LogP contribution in [0.15, 0.2) is 22.5 Å². The lowest BCUT2D eigenvalue weighted by atomic mass is 9.95. The fourth-order valence-electron chi connectivity index (χ4n) is 4.58. The van der Waals surface area contributed by atoms with Gasteiger partial charge in [-0.25, -0.2) is 13.4 Å². The number of nitrogens with one attached hydrogen (secondary N) is 2. The van der Waals surface area contributed by atoms with Crippen LogP contribution in [0.2, 0.25) is 0 Å². The topological polar surface area (TPSA) is 70.6 Å². The zero-order valence-corrected chi connectivity index (χ0v) is 16.1. The van der Waals surface area contributed by atoms with E-state index in [9.17, 15) is 8.42 Å². The molecule has 2 aliphatic carbocycles. The summed E-state index contributed by atoms with van der Waals surface area (Å²) in [6, 6.07) is 4.68. The molecule has 2 N–H and O–H groups in total. The van der Waals surface area contributed by atoms with Crippen molar-refractivity contribution in [1.29, 1.82) is 0 Å². The van der Waals surface area contributed by atoms with Crippen LogP contribution in [0.4, 0.5) is 0 Å². The van der Waals surface area contributed by atoms with Crippen LogP contribution in [0.1, 0.15) is 37.0 Å². The molecule has 2 saturated carbocycles. The highest BCUT2D eigenvalue weighted by Crippen LogP contribution is 2.44. The first-order valence-corrected chi connectivity index (χ1v) is 12.1. The second kappa shape index (κ2) is 7.27. The molecule has 3 aliphatic rings. The van der Waals surface area contributed by atoms with Crippen molar-refractivity contribution in [3.05, 3.63) is 22.4 Å². The smallest absolute Gasteiger partial charge is 0.191 e. The highest BCUT2D eigenvalue weighted by molar-refractivity contribution is 7.91. The van der Waals surface area contributed by atoms with E-state index in [1.807, 2.05) is 0 Å². The molecule has 0 amide bonds. The Balaban J connectivity index is 1.37. The quantitative estimate of drug-likeness (QED) is 0.607. The maximum absolute atomic E-state index is 11.7. The van der Waals surface area contributed by atoms with Crippen molar-refractivity contribution in [2.45, 2.75) is 44.7 Å². The standard InChI is InChI=1S/C18H27N3O2S2/c22-25(23)7-5-14(12-25)10-19-18(20-11-16-2-1-6-24-16)21-17-9-13-3-4-15(17)8-13/h1-2,6,13-15,17H,3-5,7-12H2,(H2,19,20,21). The van der Waals surface area contributed by atoms with Crippen molar-refractivity contribution in [2.75, 3.05) is 18.1 Å². The molecule has 2 heterocycles. The molecule has 25 heavy (non-hydrogen) atoms. The van der Waals surface area contributed by atoms with Gasteiger partial charge in [-0.15, -0.1) is 11.3 Å². The third kappa shape index (κ3) is 4.37. The number of sulfone groups is 1. The predicted molar refractivity (Wildman–Crippen MR) is 103 cm³/mol. The fraction of sp³-hybridized carbons (Fsp3) is 0.722. The molecule has 7 heteroatoms. The minimum atomic E-state index is -2.82. The normalized spacial score (nSPS) is 33.7. The molecule has 2 bridgehead atoms. The number of guanidine groups is 1. The van der Waals surface area contributed by atoms with Gasteiger partial charge < -0.3 is 10.6 Å². The monoisotopic (exact) mass is 381 g/mol. The van der Waals surface area contributed by atoms with Gasteiger partial charge in [0.05, 0.1) is 18.1 Å². The Morgan fingerprint density at radius 1 is 1.28 bits per heavy atom. The SMILES string of the molecule is O=S1(=O)CCC(CNC(=NCc2cccs2)NC2CC3CCC2C3)C1. The Kier molecular flexibility index (Phi) is 5.04. The van der Waals surface area contributed by atoms with Gasteiger partial charge in [0.1, 0.15) is 0 Å². The van der Waals surface area contributed by atoms with Crippen LogP contribution in [-0.2, 0) is 16.4 Å². The number of hydrogen-bond donors (Lipinski definition) is 2. The number of rotatable bonds is 5. The summed E-state index contributed by atoms with van der Waals surface area (Å²) in [7, 11) is -2.82. The van der Waals surface area contributed by atoms with E-state index in [2.05, 4.69) is 28.1 Å². The molecule has 0 spiro atoms. The summed E-state index contributed by atoms with van der Waals surface area (Å²) >= 11 is 1.72. The Morgan fingerprint density at radius 3 is 2.84 bits per heavy atom. The number of fused-ring (bicyclic) bond motifs is 2. The largest absolute Gasteiger partial charge is 0.356 e. The minimum Gasteiger partial charge on any atom is -0.356 e. The van der Waals surface area contributed by atoms with Crippen LogP contribution in [0.5, 0.6) is 0 Å². The molecule has 1 aliphatic heterocycles. The molecule has 0 radical (unpaired) electrons. The van der Waals surface area contributed by atoms with E-state index in [-0.39, 0.29) is 5.92 Å². The van der Waals surface area contributed by atoms with E-state index < -0.39 is 9.84 Å². The van der Waals surface area contributed by atoms with Gasteiger partial charge in [0, 0.05) is 17.5 Å². The molecule has 1 saturated heterocycles. The summed E-state index contributed by atoms with van der Waals surface area (Å²) in [5, 5.41) is 9.15. The van der Waals surface area contributed by atoms with Crippen LogP contribution in [0, 0.1) is 17.8 Å². The molecule has 5 nitrogen and oxygen atoms in total. The van der Waals surface area contributed by atoms with Crippen molar-refractivity contribution in [3.63, 3.8) is 0 Å². The van der Waals surface area contributed by atoms with Gasteiger partial charge in [0.15, 0.2) is 15.8 Å². The second-order valence-electron chi connectivity index (χ2n) is 7.82. The third-order valence-corrected chi connectivity index (χ3v) is 8.62. The zero-order valence-electron chi connectivity index (χ0n) is 14.5. The summed E-state index contributed by atoms with van der Waals surface area (Å²) in [5.74, 6) is 3.38. The fourth-order valence-corrected chi connectivity index (χ4v) is 7.07. The van der Waals surface area contributed by atoms with Crippen LogP contribution < -0.4 is 10.6 Å². The lowest BCUT2D eigenvalue weighted by molar-refractivity contribution is 0.386. The van der Waals surface area contributed by atoms with E-state index in [4.69, 9.17) is 4.99 Å². The molecule has 0 aromatic carbocycles. The minimum absolute atomic E-state index is 0.207. The van der Waals surface area contributed by atoms with Gasteiger partial charge in [-0.2, -0.15) is 0 Å². The molecule has 4 atom stereocenters. The van der Waals surface area contributed by atoms with Crippen LogP contribution in [0.3, 0.4) is 0 Å². The van der Waals surface area contributed by atoms with E-state index in [1.54, 1.807) is 11.3 Å². The third-order valence-electron chi connectivity index (χ3n) is 5.92.